The molecule has 0 N–H and O–H groups in total. The highest BCUT2D eigenvalue weighted by molar-refractivity contribution is 6.13. The lowest BCUT2D eigenvalue weighted by Gasteiger charge is -1.98. The van der Waals surface area contributed by atoms with Crippen LogP contribution in [0.1, 0.15) is 5.56 Å². The van der Waals surface area contributed by atoms with Gasteiger partial charge in [-0.1, -0.05) is 24.3 Å². The van der Waals surface area contributed by atoms with Crippen molar-refractivity contribution in [3.8, 4) is 0 Å². The lowest BCUT2D eigenvalue weighted by Crippen LogP contribution is -1.98. The monoisotopic (exact) mass is 298 g/mol. The number of para-hydroxylation sites is 1. The van der Waals surface area contributed by atoms with Gasteiger partial charge in [-0.3, -0.25) is 0 Å². The Balaban J connectivity index is 1.95. The van der Waals surface area contributed by atoms with E-state index >= 15 is 0 Å². The van der Waals surface area contributed by atoms with Crippen molar-refractivity contribution in [3.05, 3.63) is 82.4 Å². The molecule has 2 heterocycles. The first-order valence-corrected chi connectivity index (χ1v) is 7.33. The Morgan fingerprint density at radius 1 is 0.913 bits per heavy atom. The van der Waals surface area contributed by atoms with Crippen molar-refractivity contribution in [3.63, 3.8) is 0 Å². The predicted molar refractivity (Wildman–Crippen MR) is 90.4 cm³/mol. The molecule has 5 rings (SSSR count). The van der Waals surface area contributed by atoms with Gasteiger partial charge >= 0.3 is 5.63 Å². The zero-order chi connectivity index (χ0) is 15.4. The summed E-state index contributed by atoms with van der Waals surface area (Å²) in [5.74, 6) is 0. The Bertz CT molecular complexity index is 1260. The van der Waals surface area contributed by atoms with E-state index in [9.17, 15) is 4.79 Å². The highest BCUT2D eigenvalue weighted by Gasteiger charge is 2.16. The number of benzene rings is 2. The molecule has 3 nitrogen and oxygen atoms in total. The molecule has 0 spiro atoms. The number of hydrogen-bond donors (Lipinski definition) is 0. The van der Waals surface area contributed by atoms with Crippen molar-refractivity contribution >= 4 is 38.5 Å². The molecule has 0 fully saturated rings. The smallest absolute Gasteiger partial charge is 0.348 e. The summed E-state index contributed by atoms with van der Waals surface area (Å²) in [5, 5.41) is 2.07. The van der Waals surface area contributed by atoms with Gasteiger partial charge in [0.1, 0.15) is 16.6 Å². The van der Waals surface area contributed by atoms with Crippen LogP contribution in [0.3, 0.4) is 0 Å². The van der Waals surface area contributed by atoms with E-state index in [-0.39, 0.29) is 5.63 Å². The van der Waals surface area contributed by atoms with Crippen LogP contribution in [0.15, 0.2) is 80.1 Å². The molecule has 0 radical (unpaired) electrons. The molecule has 23 heavy (non-hydrogen) atoms. The van der Waals surface area contributed by atoms with Crippen LogP contribution in [-0.2, 0) is 0 Å². The topological polar surface area (TPSA) is 43.4 Å². The fourth-order valence-electron chi connectivity index (χ4n) is 3.06. The van der Waals surface area contributed by atoms with Gasteiger partial charge in [-0.05, 0) is 42.0 Å². The molecular formula is C20H10O3. The van der Waals surface area contributed by atoms with Crippen molar-refractivity contribution < 1.29 is 8.83 Å². The molecule has 0 saturated carbocycles. The molecule has 0 saturated heterocycles. The fourth-order valence-corrected chi connectivity index (χ4v) is 3.06. The van der Waals surface area contributed by atoms with Crippen molar-refractivity contribution in [1.29, 1.82) is 0 Å². The molecule has 0 unspecified atom stereocenters. The summed E-state index contributed by atoms with van der Waals surface area (Å²) in [4.78, 5) is 12.4. The maximum absolute atomic E-state index is 12.4. The van der Waals surface area contributed by atoms with Gasteiger partial charge < -0.3 is 8.83 Å². The van der Waals surface area contributed by atoms with Gasteiger partial charge in [0, 0.05) is 11.0 Å². The lowest BCUT2D eigenvalue weighted by molar-refractivity contribution is 0.567. The third kappa shape index (κ3) is 1.68. The summed E-state index contributed by atoms with van der Waals surface area (Å²) < 4.78 is 11.4. The van der Waals surface area contributed by atoms with Crippen LogP contribution in [0.5, 0.6) is 0 Å². The number of allylic oxidation sites excluding steroid dienone is 3. The zero-order valence-corrected chi connectivity index (χ0v) is 12.0. The van der Waals surface area contributed by atoms with Gasteiger partial charge in [0.25, 0.3) is 0 Å². The van der Waals surface area contributed by atoms with Gasteiger partial charge in [0.15, 0.2) is 5.58 Å². The standard InChI is InChI=1S/C20H10O3/c21-20-18-15-11-13(12-5-1-2-6-12)9-10-17(15)22-19(18)14-7-3-4-8-16(14)23-20/h1-5,7-11H. The second-order valence-electron chi connectivity index (χ2n) is 5.49. The first-order chi connectivity index (χ1) is 11.3. The number of hydrogen-bond acceptors (Lipinski definition) is 3. The average molecular weight is 298 g/mol. The largest absolute Gasteiger partial charge is 0.455 e. The summed E-state index contributed by atoms with van der Waals surface area (Å²) in [6, 6.07) is 13.2. The Hall–Kier alpha value is -3.29. The van der Waals surface area contributed by atoms with Crippen molar-refractivity contribution in [2.24, 2.45) is 0 Å². The molecular weight excluding hydrogens is 288 g/mol. The van der Waals surface area contributed by atoms with Crippen LogP contribution in [0, 0.1) is 0 Å². The van der Waals surface area contributed by atoms with E-state index in [1.165, 1.54) is 0 Å². The Morgan fingerprint density at radius 3 is 2.65 bits per heavy atom. The first kappa shape index (κ1) is 12.3. The molecule has 0 bridgehead atoms. The van der Waals surface area contributed by atoms with Gasteiger partial charge in [-0.25, -0.2) is 4.79 Å². The summed E-state index contributed by atoms with van der Waals surface area (Å²) >= 11 is 0. The van der Waals surface area contributed by atoms with E-state index in [4.69, 9.17) is 8.83 Å². The van der Waals surface area contributed by atoms with E-state index in [1.807, 2.05) is 54.6 Å². The second kappa shape index (κ2) is 4.35. The van der Waals surface area contributed by atoms with Gasteiger partial charge in [0.05, 0.1) is 5.39 Å². The Morgan fingerprint density at radius 2 is 1.78 bits per heavy atom. The Kier molecular flexibility index (Phi) is 2.32. The van der Waals surface area contributed by atoms with E-state index in [2.05, 4.69) is 5.73 Å². The predicted octanol–water partition coefficient (Wildman–Crippen LogP) is 4.80. The molecule has 0 aliphatic heterocycles. The second-order valence-corrected chi connectivity index (χ2v) is 5.49. The molecule has 0 amide bonds. The van der Waals surface area contributed by atoms with Gasteiger partial charge in [-0.15, -0.1) is 5.73 Å². The maximum atomic E-state index is 12.4. The van der Waals surface area contributed by atoms with Crippen molar-refractivity contribution in [2.45, 2.75) is 0 Å². The highest BCUT2D eigenvalue weighted by Crippen LogP contribution is 2.33. The third-order valence-electron chi connectivity index (χ3n) is 4.14. The molecule has 0 atom stereocenters. The molecule has 108 valence electrons. The maximum Gasteiger partial charge on any atom is 0.348 e. The SMILES string of the molecule is O=c1oc2ccccc2c2oc3ccc(C4=C=CC=C4)cc3c12. The number of rotatable bonds is 1. The zero-order valence-electron chi connectivity index (χ0n) is 12.0. The van der Waals surface area contributed by atoms with Crippen molar-refractivity contribution in [2.75, 3.05) is 0 Å². The molecule has 2 aromatic heterocycles. The summed E-state index contributed by atoms with van der Waals surface area (Å²) in [7, 11) is 0. The lowest BCUT2D eigenvalue weighted by atomic mass is 10.0. The molecule has 1 aliphatic rings. The number of furan rings is 1. The van der Waals surface area contributed by atoms with E-state index in [0.29, 0.717) is 22.1 Å². The van der Waals surface area contributed by atoms with Crippen LogP contribution in [-0.4, -0.2) is 0 Å². The van der Waals surface area contributed by atoms with Crippen molar-refractivity contribution in [1.82, 2.24) is 0 Å². The first-order valence-electron chi connectivity index (χ1n) is 7.33. The van der Waals surface area contributed by atoms with Crippen LogP contribution in [0.2, 0.25) is 0 Å². The van der Waals surface area contributed by atoms with E-state index < -0.39 is 0 Å². The van der Waals surface area contributed by atoms with E-state index in [0.717, 1.165) is 21.9 Å². The molecule has 1 aliphatic carbocycles. The number of fused-ring (bicyclic) bond motifs is 5. The van der Waals surface area contributed by atoms with Gasteiger partial charge in [-0.2, -0.15) is 0 Å². The summed E-state index contributed by atoms with van der Waals surface area (Å²) in [5.41, 5.74) is 6.58. The highest BCUT2D eigenvalue weighted by atomic mass is 16.4. The molecule has 2 aromatic carbocycles. The molecule has 3 heteroatoms. The molecule has 4 aromatic rings. The summed E-state index contributed by atoms with van der Waals surface area (Å²) in [6.45, 7) is 0. The van der Waals surface area contributed by atoms with Crippen LogP contribution >= 0.6 is 0 Å². The summed E-state index contributed by atoms with van der Waals surface area (Å²) in [6.07, 6.45) is 5.80. The Labute approximate surface area is 130 Å². The fraction of sp³-hybridized carbons (Fsp3) is 0. The van der Waals surface area contributed by atoms with Gasteiger partial charge in [0.2, 0.25) is 0 Å². The van der Waals surface area contributed by atoms with E-state index in [1.54, 1.807) is 6.07 Å². The van der Waals surface area contributed by atoms with Crippen LogP contribution in [0.4, 0.5) is 0 Å². The average Bonchev–Trinajstić information content (AvgIpc) is 3.22. The normalized spacial score (nSPS) is 13.5. The quantitative estimate of drug-likeness (QED) is 0.374. The minimum atomic E-state index is -0.374. The minimum absolute atomic E-state index is 0.374. The van der Waals surface area contributed by atoms with Crippen LogP contribution in [0.25, 0.3) is 38.5 Å². The third-order valence-corrected chi connectivity index (χ3v) is 4.14. The van der Waals surface area contributed by atoms with Crippen LogP contribution < -0.4 is 5.63 Å². The minimum Gasteiger partial charge on any atom is -0.455 e.